The van der Waals surface area contributed by atoms with Crippen LogP contribution in [0.2, 0.25) is 0 Å². The molecule has 0 aromatic heterocycles. The maximum absolute atomic E-state index is 11.0. The Bertz CT molecular complexity index is 1390. The highest BCUT2D eigenvalue weighted by molar-refractivity contribution is 5.57. The van der Waals surface area contributed by atoms with Crippen molar-refractivity contribution in [2.75, 3.05) is 0 Å². The van der Waals surface area contributed by atoms with Crippen molar-refractivity contribution in [1.82, 2.24) is 0 Å². The molecule has 2 saturated carbocycles. The zero-order chi connectivity index (χ0) is 36.7. The van der Waals surface area contributed by atoms with E-state index in [2.05, 4.69) is 61.5 Å². The SMILES string of the molecule is CCCCCc1cc(O)c([C@@H]2CC(C)CC[C@H]2C(C)C)c(O)c1CO.CCCCCc1cc2c(c(O)c1CO)[C@@H]1CC(C)CC[C@H]1C(C)(C)O2. The van der Waals surface area contributed by atoms with Gasteiger partial charge in [0.25, 0.3) is 0 Å². The van der Waals surface area contributed by atoms with Gasteiger partial charge in [0.15, 0.2) is 0 Å². The summed E-state index contributed by atoms with van der Waals surface area (Å²) in [5, 5.41) is 52.5. The molecule has 50 heavy (non-hydrogen) atoms. The molecule has 0 radical (unpaired) electrons. The van der Waals surface area contributed by atoms with Crippen molar-refractivity contribution in [2.45, 2.75) is 176 Å². The van der Waals surface area contributed by atoms with E-state index in [1.54, 1.807) is 6.07 Å². The van der Waals surface area contributed by atoms with Crippen LogP contribution in [0.25, 0.3) is 0 Å². The number of benzene rings is 2. The summed E-state index contributed by atoms with van der Waals surface area (Å²) < 4.78 is 6.41. The number of ether oxygens (including phenoxy) is 1. The Labute approximate surface area is 303 Å². The Morgan fingerprint density at radius 1 is 0.720 bits per heavy atom. The van der Waals surface area contributed by atoms with Gasteiger partial charge >= 0.3 is 0 Å². The number of unbranched alkanes of at least 4 members (excludes halogenated alkanes) is 4. The molecule has 2 unspecified atom stereocenters. The summed E-state index contributed by atoms with van der Waals surface area (Å²) in [5.41, 5.74) is 4.70. The van der Waals surface area contributed by atoms with E-state index in [0.29, 0.717) is 52.4 Å². The third-order valence-electron chi connectivity index (χ3n) is 12.6. The van der Waals surface area contributed by atoms with Gasteiger partial charge in [-0.15, -0.1) is 0 Å². The minimum atomic E-state index is -0.203. The molecular weight excluding hydrogens is 624 g/mol. The molecule has 1 aliphatic heterocycles. The van der Waals surface area contributed by atoms with E-state index in [0.717, 1.165) is 105 Å². The fourth-order valence-electron chi connectivity index (χ4n) is 9.68. The number of fused-ring (bicyclic) bond motifs is 3. The fourth-order valence-corrected chi connectivity index (χ4v) is 9.68. The second-order valence-electron chi connectivity index (χ2n) is 17.1. The Balaban J connectivity index is 0.000000225. The molecule has 0 spiro atoms. The zero-order valence-electron chi connectivity index (χ0n) is 32.7. The number of aromatic hydroxyl groups is 3. The number of hydrogen-bond donors (Lipinski definition) is 5. The lowest BCUT2D eigenvalue weighted by atomic mass is 9.64. The van der Waals surface area contributed by atoms with Gasteiger partial charge < -0.3 is 30.3 Å². The maximum Gasteiger partial charge on any atom is 0.128 e. The highest BCUT2D eigenvalue weighted by atomic mass is 16.5. The monoisotopic (exact) mass is 695 g/mol. The van der Waals surface area contributed by atoms with Crippen molar-refractivity contribution < 1.29 is 30.3 Å². The van der Waals surface area contributed by atoms with Gasteiger partial charge in [0.1, 0.15) is 28.6 Å². The lowest BCUT2D eigenvalue weighted by Crippen LogP contribution is -2.46. The first-order chi connectivity index (χ1) is 23.8. The third kappa shape index (κ3) is 8.95. The number of phenols is 3. The van der Waals surface area contributed by atoms with Crippen LogP contribution in [-0.4, -0.2) is 31.1 Å². The number of aliphatic hydroxyl groups is 2. The predicted molar refractivity (Wildman–Crippen MR) is 204 cm³/mol. The van der Waals surface area contributed by atoms with Gasteiger partial charge in [-0.25, -0.2) is 0 Å². The summed E-state index contributed by atoms with van der Waals surface area (Å²) in [6, 6.07) is 3.90. The van der Waals surface area contributed by atoms with E-state index < -0.39 is 0 Å². The van der Waals surface area contributed by atoms with Crippen molar-refractivity contribution in [1.29, 1.82) is 0 Å². The highest BCUT2D eigenvalue weighted by Crippen LogP contribution is 2.56. The molecule has 3 aliphatic rings. The molecule has 2 fully saturated rings. The standard InChI is InChI=1S/C22H34O3.C22H36O3/c1-5-6-7-8-15-12-19-20(21(24)17(15)13-23)16-11-14(2)9-10-18(16)22(3,4)25-19;1-5-6-7-8-16-12-20(24)21(22(25)19(16)13-23)18-11-15(4)9-10-17(18)14(2)3/h12,14,16,18,23-24H,5-11,13H2,1-4H3;12,14-15,17-18,23-25H,5-11,13H2,1-4H3/t14?,16-,18-;15?,17-,18+/m10/s1. The minimum absolute atomic E-state index is 0.100. The van der Waals surface area contributed by atoms with Crippen LogP contribution in [0.3, 0.4) is 0 Å². The molecule has 5 rings (SSSR count). The molecule has 5 N–H and O–H groups in total. The summed E-state index contributed by atoms with van der Waals surface area (Å²) in [5.74, 6) is 4.67. The minimum Gasteiger partial charge on any atom is -0.508 e. The lowest BCUT2D eigenvalue weighted by Gasteiger charge is -2.49. The van der Waals surface area contributed by atoms with E-state index in [4.69, 9.17) is 4.74 Å². The second kappa shape index (κ2) is 17.9. The molecule has 2 aromatic carbocycles. The van der Waals surface area contributed by atoms with Crippen LogP contribution < -0.4 is 4.74 Å². The summed E-state index contributed by atoms with van der Waals surface area (Å²) >= 11 is 0. The van der Waals surface area contributed by atoms with E-state index in [1.807, 2.05) is 0 Å². The zero-order valence-corrected chi connectivity index (χ0v) is 32.7. The molecule has 6 nitrogen and oxygen atoms in total. The van der Waals surface area contributed by atoms with E-state index in [9.17, 15) is 25.5 Å². The lowest BCUT2D eigenvalue weighted by molar-refractivity contribution is -0.0147. The largest absolute Gasteiger partial charge is 0.508 e. The van der Waals surface area contributed by atoms with Gasteiger partial charge in [0, 0.05) is 28.2 Å². The first kappa shape index (κ1) is 40.3. The van der Waals surface area contributed by atoms with Crippen molar-refractivity contribution in [2.24, 2.45) is 29.6 Å². The van der Waals surface area contributed by atoms with E-state index in [-0.39, 0.29) is 36.2 Å². The van der Waals surface area contributed by atoms with Crippen LogP contribution in [0.15, 0.2) is 12.1 Å². The van der Waals surface area contributed by atoms with Gasteiger partial charge in [0.05, 0.1) is 13.2 Å². The van der Waals surface area contributed by atoms with Crippen LogP contribution in [0, 0.1) is 29.6 Å². The average molecular weight is 695 g/mol. The van der Waals surface area contributed by atoms with Gasteiger partial charge in [0.2, 0.25) is 0 Å². The van der Waals surface area contributed by atoms with Crippen molar-refractivity contribution in [3.05, 3.63) is 45.5 Å². The molecule has 1 heterocycles. The second-order valence-corrected chi connectivity index (χ2v) is 17.1. The van der Waals surface area contributed by atoms with Crippen LogP contribution in [-0.2, 0) is 26.1 Å². The van der Waals surface area contributed by atoms with E-state index in [1.165, 1.54) is 12.8 Å². The maximum atomic E-state index is 11.0. The van der Waals surface area contributed by atoms with Crippen LogP contribution >= 0.6 is 0 Å². The normalized spacial score (nSPS) is 25.7. The van der Waals surface area contributed by atoms with Gasteiger partial charge in [-0.2, -0.15) is 0 Å². The average Bonchev–Trinajstić information content (AvgIpc) is 3.05. The van der Waals surface area contributed by atoms with Gasteiger partial charge in [-0.1, -0.05) is 80.1 Å². The summed E-state index contributed by atoms with van der Waals surface area (Å²) in [6.45, 7) is 17.5. The molecule has 6 heteroatoms. The molecule has 2 aliphatic carbocycles. The number of aliphatic hydroxyl groups excluding tert-OH is 2. The van der Waals surface area contributed by atoms with Crippen molar-refractivity contribution >= 4 is 0 Å². The van der Waals surface area contributed by atoms with Crippen molar-refractivity contribution in [3.63, 3.8) is 0 Å². The first-order valence-corrected chi connectivity index (χ1v) is 20.1. The van der Waals surface area contributed by atoms with Crippen LogP contribution in [0.5, 0.6) is 23.0 Å². The Morgan fingerprint density at radius 3 is 1.78 bits per heavy atom. The molecule has 282 valence electrons. The molecule has 6 atom stereocenters. The summed E-state index contributed by atoms with van der Waals surface area (Å²) in [4.78, 5) is 0. The summed E-state index contributed by atoms with van der Waals surface area (Å²) in [7, 11) is 0. The molecule has 0 amide bonds. The first-order valence-electron chi connectivity index (χ1n) is 20.1. The Morgan fingerprint density at radius 2 is 1.24 bits per heavy atom. The predicted octanol–water partition coefficient (Wildman–Crippen LogP) is 10.8. The summed E-state index contributed by atoms with van der Waals surface area (Å²) in [6.07, 6.45) is 15.1. The van der Waals surface area contributed by atoms with Crippen LogP contribution in [0.4, 0.5) is 0 Å². The molecular formula is C44H70O6. The smallest absolute Gasteiger partial charge is 0.128 e. The van der Waals surface area contributed by atoms with E-state index >= 15 is 0 Å². The number of hydrogen-bond acceptors (Lipinski definition) is 6. The fraction of sp³-hybridized carbons (Fsp3) is 0.727. The van der Waals surface area contributed by atoms with Gasteiger partial charge in [-0.3, -0.25) is 0 Å². The third-order valence-corrected chi connectivity index (χ3v) is 12.6. The Hall–Kier alpha value is -2.44. The quantitative estimate of drug-likeness (QED) is 0.141. The molecule has 2 aromatic rings. The number of phenolic OH excluding ortho intramolecular Hbond substituents is 1. The number of aryl methyl sites for hydroxylation is 2. The number of rotatable bonds is 12. The topological polar surface area (TPSA) is 110 Å². The molecule has 0 saturated heterocycles. The van der Waals surface area contributed by atoms with Crippen LogP contribution in [0.1, 0.15) is 178 Å². The highest BCUT2D eigenvalue weighted by Gasteiger charge is 2.47. The Kier molecular flexibility index (Phi) is 14.4. The molecule has 0 bridgehead atoms. The van der Waals surface area contributed by atoms with Gasteiger partial charge in [-0.05, 0) is 124 Å². The van der Waals surface area contributed by atoms with Crippen molar-refractivity contribution in [3.8, 4) is 23.0 Å².